The van der Waals surface area contributed by atoms with Crippen LogP contribution in [-0.4, -0.2) is 17.3 Å². The van der Waals surface area contributed by atoms with Gasteiger partial charge >= 0.3 is 0 Å². The van der Waals surface area contributed by atoms with E-state index in [1.54, 1.807) is 0 Å². The summed E-state index contributed by atoms with van der Waals surface area (Å²) in [4.78, 5) is 12.4. The average Bonchev–Trinajstić information content (AvgIpc) is 2.45. The zero-order chi connectivity index (χ0) is 12.3. The lowest BCUT2D eigenvalue weighted by molar-refractivity contribution is 0.0943. The molecular formula is C11H15Cl2NOS. The van der Waals surface area contributed by atoms with Crippen LogP contribution in [0.5, 0.6) is 0 Å². The topological polar surface area (TPSA) is 29.1 Å². The third kappa shape index (κ3) is 3.65. The lowest BCUT2D eigenvalue weighted by atomic mass is 10.2. The van der Waals surface area contributed by atoms with Gasteiger partial charge in [0, 0.05) is 11.4 Å². The number of aryl methyl sites for hydroxylation is 1. The van der Waals surface area contributed by atoms with Crippen molar-refractivity contribution in [1.82, 2.24) is 5.32 Å². The molecule has 1 amide bonds. The van der Waals surface area contributed by atoms with Gasteiger partial charge in [0.15, 0.2) is 0 Å². The second-order valence-electron chi connectivity index (χ2n) is 3.95. The van der Waals surface area contributed by atoms with E-state index >= 15 is 0 Å². The smallest absolute Gasteiger partial charge is 0.263 e. The molecule has 2 atom stereocenters. The molecule has 0 saturated heterocycles. The Bertz CT molecular complexity index is 376. The number of alkyl halides is 1. The highest BCUT2D eigenvalue weighted by Gasteiger charge is 2.17. The lowest BCUT2D eigenvalue weighted by Crippen LogP contribution is -2.33. The van der Waals surface area contributed by atoms with Gasteiger partial charge in [-0.2, -0.15) is 0 Å². The summed E-state index contributed by atoms with van der Waals surface area (Å²) in [5, 5.41) is 5.37. The van der Waals surface area contributed by atoms with Crippen molar-refractivity contribution in [1.29, 1.82) is 0 Å². The SMILES string of the molecule is Cc1csc(C(=O)NC(C)CC(C)Cl)c1Cl. The van der Waals surface area contributed by atoms with Gasteiger partial charge in [-0.1, -0.05) is 11.6 Å². The number of halogens is 2. The van der Waals surface area contributed by atoms with Crippen molar-refractivity contribution in [2.45, 2.75) is 38.6 Å². The van der Waals surface area contributed by atoms with Gasteiger partial charge in [-0.3, -0.25) is 4.79 Å². The third-order valence-corrected chi connectivity index (χ3v) is 4.04. The maximum absolute atomic E-state index is 11.8. The Morgan fingerprint density at radius 2 is 2.19 bits per heavy atom. The minimum Gasteiger partial charge on any atom is -0.349 e. The van der Waals surface area contributed by atoms with Gasteiger partial charge in [0.05, 0.1) is 5.02 Å². The van der Waals surface area contributed by atoms with E-state index in [-0.39, 0.29) is 17.3 Å². The standard InChI is InChI=1S/C11H15Cl2NOS/c1-6-5-16-10(9(6)13)11(15)14-8(3)4-7(2)12/h5,7-8H,4H2,1-3H3,(H,14,15). The third-order valence-electron chi connectivity index (χ3n) is 2.16. The van der Waals surface area contributed by atoms with Gasteiger partial charge in [0.25, 0.3) is 5.91 Å². The Kier molecular flexibility index (Phi) is 5.09. The number of rotatable bonds is 4. The summed E-state index contributed by atoms with van der Waals surface area (Å²) in [5.41, 5.74) is 0.940. The van der Waals surface area contributed by atoms with Crippen LogP contribution in [0.1, 0.15) is 35.5 Å². The summed E-state index contributed by atoms with van der Waals surface area (Å²) in [7, 11) is 0. The predicted molar refractivity (Wildman–Crippen MR) is 70.9 cm³/mol. The first-order valence-electron chi connectivity index (χ1n) is 5.10. The van der Waals surface area contributed by atoms with E-state index in [0.717, 1.165) is 12.0 Å². The van der Waals surface area contributed by atoms with Gasteiger partial charge in [-0.25, -0.2) is 0 Å². The monoisotopic (exact) mass is 279 g/mol. The van der Waals surface area contributed by atoms with E-state index < -0.39 is 0 Å². The zero-order valence-corrected chi connectivity index (χ0v) is 11.8. The fourth-order valence-corrected chi connectivity index (χ4v) is 2.87. The molecule has 0 aliphatic rings. The number of carbonyl (C=O) groups excluding carboxylic acids is 1. The highest BCUT2D eigenvalue weighted by Crippen LogP contribution is 2.27. The maximum Gasteiger partial charge on any atom is 0.263 e. The summed E-state index contributed by atoms with van der Waals surface area (Å²) >= 11 is 13.2. The molecule has 0 aliphatic heterocycles. The Hall–Kier alpha value is -0.250. The van der Waals surface area contributed by atoms with E-state index in [1.807, 2.05) is 26.2 Å². The molecule has 1 heterocycles. The van der Waals surface area contributed by atoms with Gasteiger partial charge in [-0.05, 0) is 38.1 Å². The summed E-state index contributed by atoms with van der Waals surface area (Å²) in [6.07, 6.45) is 0.745. The minimum absolute atomic E-state index is 0.0517. The first-order valence-corrected chi connectivity index (χ1v) is 6.79. The molecule has 0 radical (unpaired) electrons. The fraction of sp³-hybridized carbons (Fsp3) is 0.545. The number of hydrogen-bond donors (Lipinski definition) is 1. The molecule has 2 nitrogen and oxygen atoms in total. The summed E-state index contributed by atoms with van der Waals surface area (Å²) in [6, 6.07) is 0.0541. The van der Waals surface area contributed by atoms with Gasteiger partial charge < -0.3 is 5.32 Å². The van der Waals surface area contributed by atoms with E-state index in [4.69, 9.17) is 23.2 Å². The van der Waals surface area contributed by atoms with Crippen LogP contribution in [0.25, 0.3) is 0 Å². The van der Waals surface area contributed by atoms with Gasteiger partial charge in [0.1, 0.15) is 4.88 Å². The number of nitrogens with one attached hydrogen (secondary N) is 1. The summed E-state index contributed by atoms with van der Waals surface area (Å²) in [5.74, 6) is -0.118. The molecule has 0 fully saturated rings. The highest BCUT2D eigenvalue weighted by molar-refractivity contribution is 7.13. The highest BCUT2D eigenvalue weighted by atomic mass is 35.5. The molecule has 16 heavy (non-hydrogen) atoms. The van der Waals surface area contributed by atoms with E-state index in [2.05, 4.69) is 5.32 Å². The summed E-state index contributed by atoms with van der Waals surface area (Å²) in [6.45, 7) is 5.73. The molecule has 1 aromatic heterocycles. The average molecular weight is 280 g/mol. The van der Waals surface area contributed by atoms with Crippen LogP contribution in [-0.2, 0) is 0 Å². The molecule has 1 N–H and O–H groups in total. The Morgan fingerprint density at radius 3 is 2.62 bits per heavy atom. The van der Waals surface area contributed by atoms with Crippen molar-refractivity contribution in [2.75, 3.05) is 0 Å². The van der Waals surface area contributed by atoms with Crippen LogP contribution in [0.4, 0.5) is 0 Å². The molecule has 0 saturated carbocycles. The van der Waals surface area contributed by atoms with Crippen LogP contribution in [0, 0.1) is 6.92 Å². The second kappa shape index (κ2) is 5.89. The van der Waals surface area contributed by atoms with Crippen molar-refractivity contribution in [2.24, 2.45) is 0 Å². The largest absolute Gasteiger partial charge is 0.349 e. The maximum atomic E-state index is 11.8. The van der Waals surface area contributed by atoms with Crippen LogP contribution >= 0.6 is 34.5 Å². The van der Waals surface area contributed by atoms with Crippen molar-refractivity contribution in [3.63, 3.8) is 0 Å². The molecule has 0 aromatic carbocycles. The predicted octanol–water partition coefficient (Wildman–Crippen LogP) is 3.85. The first-order chi connectivity index (χ1) is 7.41. The van der Waals surface area contributed by atoms with E-state index in [9.17, 15) is 4.79 Å². The van der Waals surface area contributed by atoms with Crippen molar-refractivity contribution in [3.05, 3.63) is 20.8 Å². The van der Waals surface area contributed by atoms with Crippen LogP contribution in [0.3, 0.4) is 0 Å². The van der Waals surface area contributed by atoms with Crippen molar-refractivity contribution in [3.8, 4) is 0 Å². The number of thiophene rings is 1. The van der Waals surface area contributed by atoms with Crippen LogP contribution in [0.2, 0.25) is 5.02 Å². The molecule has 0 bridgehead atoms. The summed E-state index contributed by atoms with van der Waals surface area (Å²) < 4.78 is 0. The van der Waals surface area contributed by atoms with E-state index in [1.165, 1.54) is 11.3 Å². The first kappa shape index (κ1) is 13.8. The van der Waals surface area contributed by atoms with Crippen molar-refractivity contribution >= 4 is 40.4 Å². The second-order valence-corrected chi connectivity index (χ2v) is 5.96. The molecule has 5 heteroatoms. The lowest BCUT2D eigenvalue weighted by Gasteiger charge is -2.14. The van der Waals surface area contributed by atoms with Crippen molar-refractivity contribution < 1.29 is 4.79 Å². The number of hydrogen-bond acceptors (Lipinski definition) is 2. The van der Waals surface area contributed by atoms with Gasteiger partial charge in [0.2, 0.25) is 0 Å². The Morgan fingerprint density at radius 1 is 1.56 bits per heavy atom. The Balaban J connectivity index is 2.62. The molecule has 1 aromatic rings. The molecule has 0 spiro atoms. The number of carbonyl (C=O) groups is 1. The number of amides is 1. The Labute approximate surface area is 110 Å². The molecular weight excluding hydrogens is 265 g/mol. The molecule has 2 unspecified atom stereocenters. The molecule has 0 aliphatic carbocycles. The van der Waals surface area contributed by atoms with Crippen LogP contribution in [0.15, 0.2) is 5.38 Å². The quantitative estimate of drug-likeness (QED) is 0.834. The van der Waals surface area contributed by atoms with Gasteiger partial charge in [-0.15, -0.1) is 22.9 Å². The fourth-order valence-electron chi connectivity index (χ4n) is 1.42. The molecule has 90 valence electrons. The normalized spacial score (nSPS) is 14.6. The minimum atomic E-state index is -0.118. The van der Waals surface area contributed by atoms with Crippen LogP contribution < -0.4 is 5.32 Å². The van der Waals surface area contributed by atoms with E-state index in [0.29, 0.717) is 9.90 Å². The molecule has 1 rings (SSSR count). The zero-order valence-electron chi connectivity index (χ0n) is 9.51.